The fourth-order valence-corrected chi connectivity index (χ4v) is 2.02. The molecule has 0 saturated heterocycles. The van der Waals surface area contributed by atoms with Crippen molar-refractivity contribution in [2.75, 3.05) is 11.9 Å². The molecule has 0 aliphatic rings. The van der Waals surface area contributed by atoms with Crippen LogP contribution in [-0.2, 0) is 9.59 Å². The average molecular weight is 339 g/mol. The first kappa shape index (κ1) is 18.2. The lowest BCUT2D eigenvalue weighted by Gasteiger charge is -2.07. The number of nitrogens with zero attached hydrogens (tertiary/aromatic N) is 1. The summed E-state index contributed by atoms with van der Waals surface area (Å²) in [5, 5.41) is 6.56. The molecule has 2 aromatic rings. The number of amides is 2. The number of ether oxygens (including phenoxy) is 1. The number of benzene rings is 2. The lowest BCUT2D eigenvalue weighted by Crippen LogP contribution is -2.24. The second-order valence-electron chi connectivity index (χ2n) is 5.63. The van der Waals surface area contributed by atoms with E-state index < -0.39 is 0 Å². The molecular formula is C19H21N3O3. The first-order chi connectivity index (χ1) is 11.9. The van der Waals surface area contributed by atoms with Crippen LogP contribution in [0.3, 0.4) is 0 Å². The normalized spacial score (nSPS) is 10.5. The highest BCUT2D eigenvalue weighted by molar-refractivity contribution is 5.89. The highest BCUT2D eigenvalue weighted by atomic mass is 16.5. The second-order valence-corrected chi connectivity index (χ2v) is 5.63. The van der Waals surface area contributed by atoms with Gasteiger partial charge >= 0.3 is 0 Å². The van der Waals surface area contributed by atoms with Gasteiger partial charge in [0.2, 0.25) is 5.91 Å². The number of aryl methyl sites for hydroxylation is 2. The van der Waals surface area contributed by atoms with E-state index >= 15 is 0 Å². The first-order valence-electron chi connectivity index (χ1n) is 7.83. The monoisotopic (exact) mass is 339 g/mol. The molecule has 6 heteroatoms. The molecule has 0 spiro atoms. The molecule has 2 amide bonds. The predicted molar refractivity (Wildman–Crippen MR) is 97.9 cm³/mol. The maximum atomic E-state index is 11.7. The largest absolute Gasteiger partial charge is 0.484 e. The summed E-state index contributed by atoms with van der Waals surface area (Å²) in [6.45, 7) is 5.35. The quantitative estimate of drug-likeness (QED) is 0.627. The van der Waals surface area contributed by atoms with Crippen molar-refractivity contribution in [3.8, 4) is 5.75 Å². The lowest BCUT2D eigenvalue weighted by molar-refractivity contribution is -0.123. The summed E-state index contributed by atoms with van der Waals surface area (Å²) in [4.78, 5) is 22.7. The predicted octanol–water partition coefficient (Wildman–Crippen LogP) is 2.79. The number of carbonyl (C=O) groups is 2. The Kier molecular flexibility index (Phi) is 6.28. The maximum absolute atomic E-state index is 11.7. The molecule has 2 aromatic carbocycles. The van der Waals surface area contributed by atoms with Crippen molar-refractivity contribution in [3.63, 3.8) is 0 Å². The number of hydrazone groups is 1. The molecule has 0 fully saturated rings. The Bertz CT molecular complexity index is 783. The fourth-order valence-electron chi connectivity index (χ4n) is 2.02. The lowest BCUT2D eigenvalue weighted by atomic mass is 10.1. The van der Waals surface area contributed by atoms with Crippen LogP contribution in [-0.4, -0.2) is 24.6 Å². The highest BCUT2D eigenvalue weighted by Gasteiger charge is 2.02. The van der Waals surface area contributed by atoms with Crippen LogP contribution >= 0.6 is 0 Å². The zero-order chi connectivity index (χ0) is 18.2. The number of anilines is 1. The highest BCUT2D eigenvalue weighted by Crippen LogP contribution is 2.16. The SMILES string of the molecule is CC(=O)Nc1ccc(/C=N\NC(=O)COc2ccc(C)c(C)c2)cc1. The van der Waals surface area contributed by atoms with Gasteiger partial charge in [0.25, 0.3) is 5.91 Å². The third-order valence-corrected chi connectivity index (χ3v) is 3.48. The number of nitrogens with one attached hydrogen (secondary N) is 2. The van der Waals surface area contributed by atoms with Crippen molar-refractivity contribution in [1.82, 2.24) is 5.43 Å². The van der Waals surface area contributed by atoms with E-state index in [0.29, 0.717) is 11.4 Å². The van der Waals surface area contributed by atoms with Gasteiger partial charge in [0.1, 0.15) is 5.75 Å². The van der Waals surface area contributed by atoms with Gasteiger partial charge in [-0.05, 0) is 54.8 Å². The van der Waals surface area contributed by atoms with E-state index in [1.54, 1.807) is 24.3 Å². The van der Waals surface area contributed by atoms with Crippen molar-refractivity contribution >= 4 is 23.7 Å². The zero-order valence-corrected chi connectivity index (χ0v) is 14.5. The Labute approximate surface area is 146 Å². The van der Waals surface area contributed by atoms with E-state index in [2.05, 4.69) is 15.8 Å². The standard InChI is InChI=1S/C19H21N3O3/c1-13-4-9-18(10-14(13)2)25-12-19(24)22-20-11-16-5-7-17(8-6-16)21-15(3)23/h4-11H,12H2,1-3H3,(H,21,23)(H,22,24)/b20-11-. The van der Waals surface area contributed by atoms with Gasteiger partial charge < -0.3 is 10.1 Å². The van der Waals surface area contributed by atoms with E-state index in [4.69, 9.17) is 4.74 Å². The summed E-state index contributed by atoms with van der Waals surface area (Å²) in [6.07, 6.45) is 1.52. The minimum atomic E-state index is -0.343. The fraction of sp³-hybridized carbons (Fsp3) is 0.211. The average Bonchev–Trinajstić information content (AvgIpc) is 2.57. The van der Waals surface area contributed by atoms with Crippen molar-refractivity contribution in [2.24, 2.45) is 5.10 Å². The smallest absolute Gasteiger partial charge is 0.277 e. The molecule has 0 atom stereocenters. The first-order valence-corrected chi connectivity index (χ1v) is 7.83. The van der Waals surface area contributed by atoms with Gasteiger partial charge in [-0.25, -0.2) is 5.43 Å². The molecule has 0 bridgehead atoms. The molecule has 0 heterocycles. The summed E-state index contributed by atoms with van der Waals surface area (Å²) >= 11 is 0. The summed E-state index contributed by atoms with van der Waals surface area (Å²) in [6, 6.07) is 12.8. The van der Waals surface area contributed by atoms with Crippen LogP contribution in [0, 0.1) is 13.8 Å². The van der Waals surface area contributed by atoms with Crippen molar-refractivity contribution in [2.45, 2.75) is 20.8 Å². The Morgan fingerprint density at radius 3 is 2.44 bits per heavy atom. The van der Waals surface area contributed by atoms with Crippen molar-refractivity contribution < 1.29 is 14.3 Å². The Hall–Kier alpha value is -3.15. The van der Waals surface area contributed by atoms with Crippen LogP contribution in [0.1, 0.15) is 23.6 Å². The molecule has 0 saturated carbocycles. The van der Waals surface area contributed by atoms with E-state index in [9.17, 15) is 9.59 Å². The van der Waals surface area contributed by atoms with Gasteiger partial charge in [0.05, 0.1) is 6.21 Å². The third-order valence-electron chi connectivity index (χ3n) is 3.48. The molecule has 0 radical (unpaired) electrons. The summed E-state index contributed by atoms with van der Waals surface area (Å²) in [7, 11) is 0. The second kappa shape index (κ2) is 8.63. The van der Waals surface area contributed by atoms with Gasteiger partial charge in [-0.1, -0.05) is 18.2 Å². The molecule has 2 rings (SSSR count). The minimum absolute atomic E-state index is 0.110. The molecule has 130 valence electrons. The maximum Gasteiger partial charge on any atom is 0.277 e. The number of hydrogen-bond donors (Lipinski definition) is 2. The van der Waals surface area contributed by atoms with Crippen LogP contribution in [0.4, 0.5) is 5.69 Å². The Morgan fingerprint density at radius 2 is 1.80 bits per heavy atom. The summed E-state index contributed by atoms with van der Waals surface area (Å²) in [5.41, 5.74) is 6.19. The molecule has 2 N–H and O–H groups in total. The van der Waals surface area contributed by atoms with Gasteiger partial charge in [0, 0.05) is 12.6 Å². The van der Waals surface area contributed by atoms with Crippen molar-refractivity contribution in [3.05, 3.63) is 59.2 Å². The zero-order valence-electron chi connectivity index (χ0n) is 14.5. The van der Waals surface area contributed by atoms with Crippen LogP contribution in [0.2, 0.25) is 0 Å². The van der Waals surface area contributed by atoms with E-state index in [1.165, 1.54) is 18.7 Å². The summed E-state index contributed by atoms with van der Waals surface area (Å²) in [5.74, 6) is 0.178. The summed E-state index contributed by atoms with van der Waals surface area (Å²) < 4.78 is 5.43. The van der Waals surface area contributed by atoms with E-state index in [1.807, 2.05) is 32.0 Å². The molecule has 0 aliphatic carbocycles. The molecule has 6 nitrogen and oxygen atoms in total. The molecule has 0 unspecified atom stereocenters. The van der Waals surface area contributed by atoms with Crippen LogP contribution in [0.15, 0.2) is 47.6 Å². The third kappa shape index (κ3) is 6.10. The molecular weight excluding hydrogens is 318 g/mol. The van der Waals surface area contributed by atoms with Crippen LogP contribution in [0.25, 0.3) is 0 Å². The van der Waals surface area contributed by atoms with Crippen molar-refractivity contribution in [1.29, 1.82) is 0 Å². The molecule has 0 aliphatic heterocycles. The van der Waals surface area contributed by atoms with Crippen LogP contribution in [0.5, 0.6) is 5.75 Å². The minimum Gasteiger partial charge on any atom is -0.484 e. The van der Waals surface area contributed by atoms with Crippen LogP contribution < -0.4 is 15.5 Å². The van der Waals surface area contributed by atoms with Gasteiger partial charge in [-0.3, -0.25) is 9.59 Å². The topological polar surface area (TPSA) is 79.8 Å². The van der Waals surface area contributed by atoms with Gasteiger partial charge in [-0.15, -0.1) is 0 Å². The number of carbonyl (C=O) groups excluding carboxylic acids is 2. The number of rotatable bonds is 6. The Morgan fingerprint density at radius 1 is 1.08 bits per heavy atom. The Balaban J connectivity index is 1.79. The van der Waals surface area contributed by atoms with Gasteiger partial charge in [-0.2, -0.15) is 5.10 Å². The molecule has 25 heavy (non-hydrogen) atoms. The van der Waals surface area contributed by atoms with E-state index in [-0.39, 0.29) is 18.4 Å². The van der Waals surface area contributed by atoms with Gasteiger partial charge in [0.15, 0.2) is 6.61 Å². The number of hydrogen-bond acceptors (Lipinski definition) is 4. The van der Waals surface area contributed by atoms with E-state index in [0.717, 1.165) is 11.1 Å². The molecule has 0 aromatic heterocycles.